The van der Waals surface area contributed by atoms with Crippen LogP contribution in [-0.2, 0) is 6.42 Å². The Kier molecular flexibility index (Phi) is 4.57. The van der Waals surface area contributed by atoms with E-state index in [9.17, 15) is 0 Å². The fourth-order valence-electron chi connectivity index (χ4n) is 3.27. The quantitative estimate of drug-likeness (QED) is 0.554. The first kappa shape index (κ1) is 16.7. The average Bonchev–Trinajstić information content (AvgIpc) is 2.79. The van der Waals surface area contributed by atoms with Crippen LogP contribution in [0.5, 0.6) is 0 Å². The van der Waals surface area contributed by atoms with Crippen molar-refractivity contribution in [3.05, 3.63) is 63.1 Å². The number of aromatic nitrogens is 2. The zero-order chi connectivity index (χ0) is 17.4. The van der Waals surface area contributed by atoms with Crippen LogP contribution in [0.1, 0.15) is 24.0 Å². The van der Waals surface area contributed by atoms with Gasteiger partial charge in [0, 0.05) is 27.2 Å². The number of anilines is 1. The average molecular weight is 417 g/mol. The Bertz CT molecular complexity index is 933. The first-order valence-electron chi connectivity index (χ1n) is 8.52. The molecule has 0 fully saturated rings. The smallest absolute Gasteiger partial charge is 0.133 e. The monoisotopic (exact) mass is 415 g/mol. The molecule has 1 aliphatic rings. The number of nitrogens with zero attached hydrogens (tertiary/aromatic N) is 2. The van der Waals surface area contributed by atoms with Gasteiger partial charge in [-0.05, 0) is 56.0 Å². The molecule has 3 aromatic rings. The predicted molar refractivity (Wildman–Crippen MR) is 108 cm³/mol. The van der Waals surface area contributed by atoms with Crippen LogP contribution in [0.2, 0.25) is 5.02 Å². The van der Waals surface area contributed by atoms with Crippen molar-refractivity contribution in [1.82, 2.24) is 9.78 Å². The van der Waals surface area contributed by atoms with Crippen molar-refractivity contribution in [2.45, 2.75) is 26.2 Å². The van der Waals surface area contributed by atoms with Crippen molar-refractivity contribution >= 4 is 33.3 Å². The summed E-state index contributed by atoms with van der Waals surface area (Å²) in [5, 5.41) is 9.30. The van der Waals surface area contributed by atoms with E-state index in [1.54, 1.807) is 0 Å². The van der Waals surface area contributed by atoms with Gasteiger partial charge in [0.15, 0.2) is 0 Å². The number of halogens is 2. The number of rotatable bonds is 2. The fraction of sp³-hybridized carbons (Fsp3) is 0.250. The molecule has 25 heavy (non-hydrogen) atoms. The lowest BCUT2D eigenvalue weighted by Gasteiger charge is -2.10. The predicted octanol–water partition coefficient (Wildman–Crippen LogP) is 6.01. The minimum Gasteiger partial charge on any atom is -0.370 e. The summed E-state index contributed by atoms with van der Waals surface area (Å²) < 4.78 is 3.07. The molecule has 5 heteroatoms. The number of aryl methyl sites for hydroxylation is 1. The zero-order valence-electron chi connectivity index (χ0n) is 14.0. The molecule has 0 unspecified atom stereocenters. The molecule has 3 nitrogen and oxygen atoms in total. The number of hydrogen-bond donors (Lipinski definition) is 1. The second-order valence-electron chi connectivity index (χ2n) is 6.42. The van der Waals surface area contributed by atoms with Gasteiger partial charge in [-0.15, -0.1) is 0 Å². The van der Waals surface area contributed by atoms with Gasteiger partial charge in [0.2, 0.25) is 0 Å². The Morgan fingerprint density at radius 1 is 1.16 bits per heavy atom. The third-order valence-electron chi connectivity index (χ3n) is 4.63. The maximum atomic E-state index is 6.36. The summed E-state index contributed by atoms with van der Waals surface area (Å²) in [7, 11) is 0. The van der Waals surface area contributed by atoms with Gasteiger partial charge in [-0.2, -0.15) is 5.10 Å². The van der Waals surface area contributed by atoms with Gasteiger partial charge in [0.05, 0.1) is 11.4 Å². The maximum Gasteiger partial charge on any atom is 0.133 e. The van der Waals surface area contributed by atoms with E-state index in [1.165, 1.54) is 18.4 Å². The van der Waals surface area contributed by atoms with Crippen LogP contribution in [0.25, 0.3) is 16.9 Å². The van der Waals surface area contributed by atoms with Crippen molar-refractivity contribution in [2.24, 2.45) is 0 Å². The van der Waals surface area contributed by atoms with Gasteiger partial charge in [-0.1, -0.05) is 45.7 Å². The molecule has 0 atom stereocenters. The van der Waals surface area contributed by atoms with E-state index in [4.69, 9.17) is 16.7 Å². The molecule has 128 valence electrons. The minimum atomic E-state index is 0.763. The Morgan fingerprint density at radius 3 is 2.84 bits per heavy atom. The van der Waals surface area contributed by atoms with Gasteiger partial charge in [0.1, 0.15) is 5.82 Å². The van der Waals surface area contributed by atoms with E-state index in [1.807, 2.05) is 29.8 Å². The van der Waals surface area contributed by atoms with E-state index in [-0.39, 0.29) is 0 Å². The van der Waals surface area contributed by atoms with Crippen molar-refractivity contribution in [3.63, 3.8) is 0 Å². The molecule has 0 saturated carbocycles. The third kappa shape index (κ3) is 3.21. The second-order valence-corrected chi connectivity index (χ2v) is 7.74. The van der Waals surface area contributed by atoms with Gasteiger partial charge in [0.25, 0.3) is 0 Å². The topological polar surface area (TPSA) is 29.9 Å². The summed E-state index contributed by atoms with van der Waals surface area (Å²) in [6.07, 6.45) is 3.37. The first-order chi connectivity index (χ1) is 12.1. The van der Waals surface area contributed by atoms with Crippen LogP contribution >= 0.6 is 27.5 Å². The molecule has 0 radical (unpaired) electrons. The van der Waals surface area contributed by atoms with Crippen molar-refractivity contribution in [1.29, 1.82) is 0 Å². The molecule has 1 aromatic heterocycles. The van der Waals surface area contributed by atoms with E-state index >= 15 is 0 Å². The van der Waals surface area contributed by atoms with Crippen LogP contribution in [0.15, 0.2) is 46.9 Å². The zero-order valence-corrected chi connectivity index (χ0v) is 16.4. The normalized spacial score (nSPS) is 13.9. The number of hydrogen-bond acceptors (Lipinski definition) is 2. The summed E-state index contributed by atoms with van der Waals surface area (Å²) >= 11 is 9.93. The highest BCUT2D eigenvalue weighted by Crippen LogP contribution is 2.35. The van der Waals surface area contributed by atoms with Crippen molar-refractivity contribution in [2.75, 3.05) is 11.9 Å². The third-order valence-corrected chi connectivity index (χ3v) is 5.53. The standard InChI is InChI=1S/C20H19BrClN3/c1-13-8-9-16(12-18(13)22)25-20-17(7-2-3-10-23-20)19(24-25)14-5-4-6-15(21)11-14/h4-6,8-9,11-12,23H,2-3,7,10H2,1H3. The lowest BCUT2D eigenvalue weighted by Crippen LogP contribution is -2.07. The fourth-order valence-corrected chi connectivity index (χ4v) is 3.84. The molecule has 1 N–H and O–H groups in total. The Balaban J connectivity index is 1.91. The van der Waals surface area contributed by atoms with Gasteiger partial charge < -0.3 is 5.32 Å². The van der Waals surface area contributed by atoms with E-state index in [0.717, 1.165) is 50.8 Å². The van der Waals surface area contributed by atoms with Crippen molar-refractivity contribution in [3.8, 4) is 16.9 Å². The van der Waals surface area contributed by atoms with E-state index in [0.29, 0.717) is 0 Å². The van der Waals surface area contributed by atoms with Crippen molar-refractivity contribution < 1.29 is 0 Å². The molecular formula is C20H19BrClN3. The first-order valence-corrected chi connectivity index (χ1v) is 9.69. The largest absolute Gasteiger partial charge is 0.370 e. The Labute approximate surface area is 161 Å². The van der Waals surface area contributed by atoms with Gasteiger partial charge >= 0.3 is 0 Å². The van der Waals surface area contributed by atoms with Gasteiger partial charge in [-0.3, -0.25) is 0 Å². The maximum absolute atomic E-state index is 6.36. The molecule has 0 aliphatic carbocycles. The lowest BCUT2D eigenvalue weighted by atomic mass is 10.0. The molecular weight excluding hydrogens is 398 g/mol. The molecule has 0 bridgehead atoms. The summed E-state index contributed by atoms with van der Waals surface area (Å²) in [4.78, 5) is 0. The molecule has 0 spiro atoms. The minimum absolute atomic E-state index is 0.763. The second kappa shape index (κ2) is 6.85. The highest BCUT2D eigenvalue weighted by Gasteiger charge is 2.22. The van der Waals surface area contributed by atoms with Gasteiger partial charge in [-0.25, -0.2) is 4.68 Å². The number of nitrogens with one attached hydrogen (secondary N) is 1. The molecule has 2 heterocycles. The molecule has 0 saturated heterocycles. The molecule has 4 rings (SSSR count). The number of benzene rings is 2. The summed E-state index contributed by atoms with van der Waals surface area (Å²) in [5.41, 5.74) is 5.52. The SMILES string of the molecule is Cc1ccc(-n2nc(-c3cccc(Br)c3)c3c2NCCCC3)cc1Cl. The highest BCUT2D eigenvalue weighted by molar-refractivity contribution is 9.10. The summed E-state index contributed by atoms with van der Waals surface area (Å²) in [6.45, 7) is 2.98. The highest BCUT2D eigenvalue weighted by atomic mass is 79.9. The Hall–Kier alpha value is -1.78. The van der Waals surface area contributed by atoms with Crippen LogP contribution < -0.4 is 5.32 Å². The van der Waals surface area contributed by atoms with E-state index in [2.05, 4.69) is 45.5 Å². The number of fused-ring (bicyclic) bond motifs is 1. The Morgan fingerprint density at radius 2 is 2.04 bits per heavy atom. The van der Waals surface area contributed by atoms with Crippen LogP contribution in [0.4, 0.5) is 5.82 Å². The van der Waals surface area contributed by atoms with Crippen LogP contribution in [0.3, 0.4) is 0 Å². The van der Waals surface area contributed by atoms with E-state index < -0.39 is 0 Å². The molecule has 2 aromatic carbocycles. The summed E-state index contributed by atoms with van der Waals surface area (Å²) in [6, 6.07) is 14.4. The van der Waals surface area contributed by atoms with Crippen LogP contribution in [-0.4, -0.2) is 16.3 Å². The summed E-state index contributed by atoms with van der Waals surface area (Å²) in [5.74, 6) is 1.09. The lowest BCUT2D eigenvalue weighted by molar-refractivity contribution is 0.780. The molecule has 1 aliphatic heterocycles. The molecule has 0 amide bonds. The van der Waals surface area contributed by atoms with Crippen LogP contribution in [0, 0.1) is 6.92 Å².